The molecule has 0 saturated carbocycles. The maximum absolute atomic E-state index is 10.7. The molecule has 0 bridgehead atoms. The number of anilines is 1. The van der Waals surface area contributed by atoms with Gasteiger partial charge < -0.3 is 15.4 Å². The lowest BCUT2D eigenvalue weighted by Gasteiger charge is -2.02. The number of nitrogens with one attached hydrogen (secondary N) is 1. The standard InChI is InChI=1S/C10H11BrN6O2/c1-2-12-9-4-13-7(3-14-9)5-16-6-8(11)10(15-16)17(18)19/h3-4,6H,2,5H2,1H3,(H,12,14). The molecular weight excluding hydrogens is 316 g/mol. The first-order chi connectivity index (χ1) is 9.10. The third-order valence-electron chi connectivity index (χ3n) is 2.26. The highest BCUT2D eigenvalue weighted by molar-refractivity contribution is 9.10. The largest absolute Gasteiger partial charge is 0.404 e. The predicted molar refractivity (Wildman–Crippen MR) is 71.9 cm³/mol. The molecule has 2 heterocycles. The number of nitrogens with zero attached hydrogens (tertiary/aromatic N) is 5. The molecule has 0 atom stereocenters. The topological polar surface area (TPSA) is 98.8 Å². The lowest BCUT2D eigenvalue weighted by molar-refractivity contribution is -0.390. The summed E-state index contributed by atoms with van der Waals surface area (Å²) >= 11 is 3.09. The Morgan fingerprint density at radius 3 is 2.79 bits per heavy atom. The van der Waals surface area contributed by atoms with E-state index in [9.17, 15) is 10.1 Å². The Kier molecular flexibility index (Phi) is 4.05. The average Bonchev–Trinajstić information content (AvgIpc) is 2.73. The summed E-state index contributed by atoms with van der Waals surface area (Å²) in [4.78, 5) is 18.5. The smallest absolute Gasteiger partial charge is 0.369 e. The van der Waals surface area contributed by atoms with Crippen LogP contribution in [0.2, 0.25) is 0 Å². The van der Waals surface area contributed by atoms with Crippen LogP contribution in [0.3, 0.4) is 0 Å². The van der Waals surface area contributed by atoms with Gasteiger partial charge in [-0.15, -0.1) is 0 Å². The minimum Gasteiger partial charge on any atom is -0.369 e. The highest BCUT2D eigenvalue weighted by atomic mass is 79.9. The van der Waals surface area contributed by atoms with Crippen molar-refractivity contribution in [2.24, 2.45) is 0 Å². The molecule has 19 heavy (non-hydrogen) atoms. The Morgan fingerprint density at radius 1 is 1.47 bits per heavy atom. The summed E-state index contributed by atoms with van der Waals surface area (Å²) in [6.07, 6.45) is 4.77. The summed E-state index contributed by atoms with van der Waals surface area (Å²) in [5.41, 5.74) is 0.673. The van der Waals surface area contributed by atoms with Crippen molar-refractivity contribution in [3.8, 4) is 0 Å². The van der Waals surface area contributed by atoms with E-state index in [1.165, 1.54) is 10.9 Å². The van der Waals surface area contributed by atoms with Crippen molar-refractivity contribution in [2.75, 3.05) is 11.9 Å². The summed E-state index contributed by atoms with van der Waals surface area (Å²) < 4.78 is 1.79. The van der Waals surface area contributed by atoms with E-state index in [4.69, 9.17) is 0 Å². The van der Waals surface area contributed by atoms with Crippen molar-refractivity contribution < 1.29 is 4.92 Å². The van der Waals surface area contributed by atoms with Crippen LogP contribution in [-0.4, -0.2) is 31.2 Å². The van der Waals surface area contributed by atoms with Gasteiger partial charge in [0.25, 0.3) is 0 Å². The summed E-state index contributed by atoms with van der Waals surface area (Å²) in [6.45, 7) is 3.06. The summed E-state index contributed by atoms with van der Waals surface area (Å²) in [5.74, 6) is 0.483. The summed E-state index contributed by atoms with van der Waals surface area (Å²) in [6, 6.07) is 0. The van der Waals surface area contributed by atoms with Crippen LogP contribution in [0.15, 0.2) is 23.1 Å². The van der Waals surface area contributed by atoms with E-state index in [-0.39, 0.29) is 5.82 Å². The van der Waals surface area contributed by atoms with Gasteiger partial charge in [-0.05, 0) is 27.8 Å². The van der Waals surface area contributed by atoms with Gasteiger partial charge in [-0.25, -0.2) is 4.98 Å². The average molecular weight is 327 g/mol. The zero-order valence-corrected chi connectivity index (χ0v) is 11.7. The second-order valence-corrected chi connectivity index (χ2v) is 4.53. The SMILES string of the molecule is CCNc1cnc(Cn2cc(Br)c([N+](=O)[O-])n2)cn1. The van der Waals surface area contributed by atoms with E-state index >= 15 is 0 Å². The molecule has 0 aliphatic carbocycles. The quantitative estimate of drug-likeness (QED) is 0.664. The first kappa shape index (κ1) is 13.4. The number of aromatic nitrogens is 4. The molecule has 0 radical (unpaired) electrons. The molecule has 1 N–H and O–H groups in total. The predicted octanol–water partition coefficient (Wildman–Crippen LogP) is 1.82. The van der Waals surface area contributed by atoms with Crippen LogP contribution in [-0.2, 0) is 6.54 Å². The van der Waals surface area contributed by atoms with Crippen LogP contribution < -0.4 is 5.32 Å². The molecule has 8 nitrogen and oxygen atoms in total. The first-order valence-corrected chi connectivity index (χ1v) is 6.31. The number of nitro groups is 1. The second-order valence-electron chi connectivity index (χ2n) is 3.68. The van der Waals surface area contributed by atoms with E-state index < -0.39 is 4.92 Å². The van der Waals surface area contributed by atoms with E-state index in [1.54, 1.807) is 12.4 Å². The molecule has 0 saturated heterocycles. The van der Waals surface area contributed by atoms with Crippen LogP contribution in [0.5, 0.6) is 0 Å². The van der Waals surface area contributed by atoms with E-state index in [0.717, 1.165) is 6.54 Å². The molecule has 0 fully saturated rings. The van der Waals surface area contributed by atoms with Gasteiger partial charge in [-0.3, -0.25) is 4.98 Å². The van der Waals surface area contributed by atoms with Gasteiger partial charge in [0.05, 0.1) is 29.4 Å². The molecule has 0 aliphatic rings. The van der Waals surface area contributed by atoms with Gasteiger partial charge in [-0.1, -0.05) is 0 Å². The zero-order chi connectivity index (χ0) is 13.8. The van der Waals surface area contributed by atoms with Crippen LogP contribution in [0, 0.1) is 10.1 Å². The molecule has 0 aliphatic heterocycles. The van der Waals surface area contributed by atoms with Crippen molar-refractivity contribution in [2.45, 2.75) is 13.5 Å². The van der Waals surface area contributed by atoms with Crippen LogP contribution in [0.25, 0.3) is 0 Å². The van der Waals surface area contributed by atoms with Crippen molar-refractivity contribution in [1.29, 1.82) is 0 Å². The lowest BCUT2D eigenvalue weighted by Crippen LogP contribution is -2.05. The maximum Gasteiger partial charge on any atom is 0.404 e. The Balaban J connectivity index is 2.12. The molecule has 100 valence electrons. The molecule has 0 spiro atoms. The summed E-state index contributed by atoms with van der Waals surface area (Å²) in [7, 11) is 0. The van der Waals surface area contributed by atoms with Gasteiger partial charge in [-0.2, -0.15) is 4.68 Å². The van der Waals surface area contributed by atoms with Gasteiger partial charge in [0.2, 0.25) is 0 Å². The third kappa shape index (κ3) is 3.25. The van der Waals surface area contributed by atoms with Crippen LogP contribution in [0.4, 0.5) is 11.6 Å². The molecule has 9 heteroatoms. The highest BCUT2D eigenvalue weighted by Crippen LogP contribution is 2.22. The molecule has 2 rings (SSSR count). The molecule has 2 aromatic rings. The molecule has 2 aromatic heterocycles. The van der Waals surface area contributed by atoms with E-state index in [2.05, 4.69) is 36.3 Å². The molecule has 0 aromatic carbocycles. The van der Waals surface area contributed by atoms with Gasteiger partial charge in [0.1, 0.15) is 16.8 Å². The van der Waals surface area contributed by atoms with Crippen LogP contribution in [0.1, 0.15) is 12.6 Å². The fourth-order valence-electron chi connectivity index (χ4n) is 1.47. The maximum atomic E-state index is 10.7. The van der Waals surface area contributed by atoms with Gasteiger partial charge >= 0.3 is 5.82 Å². The van der Waals surface area contributed by atoms with Crippen molar-refractivity contribution in [1.82, 2.24) is 19.7 Å². The molecule has 0 unspecified atom stereocenters. The van der Waals surface area contributed by atoms with E-state index in [1.807, 2.05) is 6.92 Å². The lowest BCUT2D eigenvalue weighted by atomic mass is 10.4. The minimum absolute atomic E-state index is 0.211. The fraction of sp³-hybridized carbons (Fsp3) is 0.300. The first-order valence-electron chi connectivity index (χ1n) is 5.52. The number of halogens is 1. The van der Waals surface area contributed by atoms with Crippen molar-refractivity contribution in [3.05, 3.63) is 38.9 Å². The number of hydrogen-bond acceptors (Lipinski definition) is 6. The van der Waals surface area contributed by atoms with Gasteiger partial charge in [0.15, 0.2) is 0 Å². The normalized spacial score (nSPS) is 10.4. The number of rotatable bonds is 5. The van der Waals surface area contributed by atoms with Crippen molar-refractivity contribution in [3.63, 3.8) is 0 Å². The second kappa shape index (κ2) is 5.74. The van der Waals surface area contributed by atoms with E-state index in [0.29, 0.717) is 22.5 Å². The Hall–Kier alpha value is -2.03. The monoisotopic (exact) mass is 326 g/mol. The molecular formula is C10H11BrN6O2. The fourth-order valence-corrected chi connectivity index (χ4v) is 1.93. The van der Waals surface area contributed by atoms with Gasteiger partial charge in [0, 0.05) is 6.54 Å². The minimum atomic E-state index is -0.541. The third-order valence-corrected chi connectivity index (χ3v) is 2.82. The highest BCUT2D eigenvalue weighted by Gasteiger charge is 2.18. The zero-order valence-electron chi connectivity index (χ0n) is 10.1. The Morgan fingerprint density at radius 2 is 2.26 bits per heavy atom. The number of hydrogen-bond donors (Lipinski definition) is 1. The summed E-state index contributed by atoms with van der Waals surface area (Å²) in [5, 5.41) is 17.6. The van der Waals surface area contributed by atoms with Crippen molar-refractivity contribution >= 4 is 27.6 Å². The van der Waals surface area contributed by atoms with Crippen LogP contribution >= 0.6 is 15.9 Å². The Labute approximate surface area is 117 Å². The Bertz CT molecular complexity index is 582. The molecule has 0 amide bonds.